The van der Waals surface area contributed by atoms with Crippen LogP contribution in [0.15, 0.2) is 60.9 Å². The minimum atomic E-state index is -0.354. The van der Waals surface area contributed by atoms with Crippen molar-refractivity contribution < 1.29 is 9.59 Å². The average molecular weight is 422 g/mol. The fraction of sp³-hybridized carbons (Fsp3) is 0.185. The second-order valence-electron chi connectivity index (χ2n) is 8.12. The Morgan fingerprint density at radius 3 is 2.12 bits per heavy atom. The number of nitrogens with zero attached hydrogens (tertiary/aromatic N) is 2. The number of hydrogen-bond donors (Lipinski definition) is 1. The van der Waals surface area contributed by atoms with Crippen LogP contribution in [0.1, 0.15) is 30.4 Å². The summed E-state index contributed by atoms with van der Waals surface area (Å²) in [6, 6.07) is 15.9. The molecule has 0 spiro atoms. The number of carbonyl (C=O) groups is 2. The van der Waals surface area contributed by atoms with Crippen LogP contribution in [0.3, 0.4) is 0 Å². The molecule has 5 heteroatoms. The molecule has 0 bridgehead atoms. The third-order valence-corrected chi connectivity index (χ3v) is 6.13. The Morgan fingerprint density at radius 2 is 1.44 bits per heavy atom. The van der Waals surface area contributed by atoms with Gasteiger partial charge < -0.3 is 9.13 Å². The van der Waals surface area contributed by atoms with Gasteiger partial charge in [0.15, 0.2) is 0 Å². The number of terminal acetylenes is 1. The van der Waals surface area contributed by atoms with Crippen LogP contribution >= 0.6 is 0 Å². The van der Waals surface area contributed by atoms with E-state index in [4.69, 9.17) is 6.42 Å². The quantitative estimate of drug-likeness (QED) is 0.283. The van der Waals surface area contributed by atoms with Crippen LogP contribution in [-0.2, 0) is 23.2 Å². The smallest absolute Gasteiger partial charge is 0.259 e. The van der Waals surface area contributed by atoms with E-state index in [1.54, 1.807) is 0 Å². The highest BCUT2D eigenvalue weighted by atomic mass is 16.2. The molecule has 3 heterocycles. The third-order valence-electron chi connectivity index (χ3n) is 6.13. The zero-order valence-electron chi connectivity index (χ0n) is 17.9. The summed E-state index contributed by atoms with van der Waals surface area (Å²) in [5.41, 5.74) is 4.47. The molecule has 2 amide bonds. The van der Waals surface area contributed by atoms with Gasteiger partial charge in [0.05, 0.1) is 11.1 Å². The molecule has 0 radical (unpaired) electrons. The molecule has 0 unspecified atom stereocenters. The Balaban J connectivity index is 1.71. The zero-order chi connectivity index (χ0) is 22.2. The Kier molecular flexibility index (Phi) is 4.91. The van der Waals surface area contributed by atoms with Crippen LogP contribution in [0.25, 0.3) is 33.0 Å². The molecule has 0 fully saturated rings. The summed E-state index contributed by atoms with van der Waals surface area (Å²) in [7, 11) is 1.95. The van der Waals surface area contributed by atoms with Crippen molar-refractivity contribution in [1.29, 1.82) is 0 Å². The van der Waals surface area contributed by atoms with Crippen molar-refractivity contribution in [2.24, 2.45) is 7.05 Å². The molecule has 5 nitrogen and oxygen atoms in total. The summed E-state index contributed by atoms with van der Waals surface area (Å²) in [4.78, 5) is 26.0. The van der Waals surface area contributed by atoms with Crippen molar-refractivity contribution in [3.05, 3.63) is 72.1 Å². The first kappa shape index (κ1) is 19.9. The Hall–Kier alpha value is -4.04. The molecular formula is C27H23N3O2. The molecule has 0 saturated heterocycles. The van der Waals surface area contributed by atoms with Crippen molar-refractivity contribution in [2.45, 2.75) is 25.8 Å². The molecular weight excluding hydrogens is 398 g/mol. The van der Waals surface area contributed by atoms with E-state index in [0.29, 0.717) is 11.1 Å². The number of hydrogen-bond acceptors (Lipinski definition) is 2. The summed E-state index contributed by atoms with van der Waals surface area (Å²) in [6.45, 7) is 0.800. The van der Waals surface area contributed by atoms with Gasteiger partial charge in [-0.3, -0.25) is 14.9 Å². The van der Waals surface area contributed by atoms with Crippen molar-refractivity contribution in [2.75, 3.05) is 0 Å². The zero-order valence-corrected chi connectivity index (χ0v) is 17.9. The minimum Gasteiger partial charge on any atom is -0.350 e. The molecule has 0 saturated carbocycles. The first-order valence-electron chi connectivity index (χ1n) is 10.8. The molecule has 2 aromatic carbocycles. The van der Waals surface area contributed by atoms with Crippen LogP contribution in [0.5, 0.6) is 0 Å². The van der Waals surface area contributed by atoms with Crippen molar-refractivity contribution in [3.63, 3.8) is 0 Å². The molecule has 0 atom stereocenters. The van der Waals surface area contributed by atoms with Gasteiger partial charge in [0.2, 0.25) is 0 Å². The predicted molar refractivity (Wildman–Crippen MR) is 128 cm³/mol. The summed E-state index contributed by atoms with van der Waals surface area (Å²) in [5, 5.41) is 4.44. The number of aromatic nitrogens is 2. The number of amides is 2. The molecule has 158 valence electrons. The maximum Gasteiger partial charge on any atom is 0.259 e. The van der Waals surface area contributed by atoms with Crippen LogP contribution in [0.2, 0.25) is 0 Å². The first-order chi connectivity index (χ1) is 15.6. The highest BCUT2D eigenvalue weighted by Gasteiger charge is 2.35. The second-order valence-corrected chi connectivity index (χ2v) is 8.12. The van der Waals surface area contributed by atoms with Crippen molar-refractivity contribution in [3.8, 4) is 12.3 Å². The Bertz CT molecular complexity index is 1460. The Morgan fingerprint density at radius 1 is 0.844 bits per heavy atom. The highest BCUT2D eigenvalue weighted by molar-refractivity contribution is 6.50. The van der Waals surface area contributed by atoms with E-state index in [2.05, 4.69) is 15.8 Å². The lowest BCUT2D eigenvalue weighted by atomic mass is 9.95. The van der Waals surface area contributed by atoms with Gasteiger partial charge in [-0.25, -0.2) is 0 Å². The molecule has 32 heavy (non-hydrogen) atoms. The minimum absolute atomic E-state index is 0.354. The van der Waals surface area contributed by atoms with Gasteiger partial charge >= 0.3 is 0 Å². The van der Waals surface area contributed by atoms with Gasteiger partial charge in [0.25, 0.3) is 11.8 Å². The molecule has 0 aliphatic carbocycles. The highest BCUT2D eigenvalue weighted by Crippen LogP contribution is 2.38. The van der Waals surface area contributed by atoms with Crippen molar-refractivity contribution in [1.82, 2.24) is 14.5 Å². The number of para-hydroxylation sites is 2. The SMILES string of the molecule is C#CCCCCn1cc(C2=C(c3cn(C)c4ccccc34)C(=O)NC2=O)c2ccccc21. The van der Waals surface area contributed by atoms with E-state index in [0.717, 1.165) is 58.7 Å². The Labute approximate surface area is 186 Å². The van der Waals surface area contributed by atoms with Gasteiger partial charge in [-0.15, -0.1) is 12.3 Å². The lowest BCUT2D eigenvalue weighted by Gasteiger charge is -2.04. The lowest BCUT2D eigenvalue weighted by molar-refractivity contribution is -0.122. The third kappa shape index (κ3) is 3.12. The summed E-state index contributed by atoms with van der Waals surface area (Å²) >= 11 is 0. The van der Waals surface area contributed by atoms with E-state index in [9.17, 15) is 9.59 Å². The molecule has 1 N–H and O–H groups in total. The van der Waals surface area contributed by atoms with Gasteiger partial charge in [0.1, 0.15) is 0 Å². The predicted octanol–water partition coefficient (Wildman–Crippen LogP) is 4.50. The van der Waals surface area contributed by atoms with Crippen LogP contribution in [0, 0.1) is 12.3 Å². The van der Waals surface area contributed by atoms with Crippen LogP contribution in [0.4, 0.5) is 0 Å². The topological polar surface area (TPSA) is 56.0 Å². The molecule has 1 aliphatic heterocycles. The van der Waals surface area contributed by atoms with Crippen molar-refractivity contribution >= 4 is 44.8 Å². The maximum atomic E-state index is 13.0. The van der Waals surface area contributed by atoms with Gasteiger partial charge in [-0.05, 0) is 25.0 Å². The molecule has 4 aromatic rings. The molecule has 1 aliphatic rings. The van der Waals surface area contributed by atoms with Crippen LogP contribution in [-0.4, -0.2) is 20.9 Å². The van der Waals surface area contributed by atoms with Crippen LogP contribution < -0.4 is 5.32 Å². The summed E-state index contributed by atoms with van der Waals surface area (Å²) in [5.74, 6) is 1.98. The molecule has 5 rings (SSSR count). The van der Waals surface area contributed by atoms with Gasteiger partial charge in [-0.2, -0.15) is 0 Å². The second kappa shape index (κ2) is 7.90. The normalized spacial score (nSPS) is 13.9. The number of carbonyl (C=O) groups excluding carboxylic acids is 2. The number of nitrogens with one attached hydrogen (secondary N) is 1. The number of aryl methyl sites for hydroxylation is 2. The summed E-state index contributed by atoms with van der Waals surface area (Å²) < 4.78 is 4.14. The number of imide groups is 1. The van der Waals surface area contributed by atoms with Gasteiger partial charge in [0, 0.05) is 65.3 Å². The van der Waals surface area contributed by atoms with Gasteiger partial charge in [-0.1, -0.05) is 36.4 Å². The van der Waals surface area contributed by atoms with E-state index in [1.807, 2.05) is 72.5 Å². The largest absolute Gasteiger partial charge is 0.350 e. The lowest BCUT2D eigenvalue weighted by Crippen LogP contribution is -2.22. The standard InChI is InChI=1S/C27H23N3O2/c1-3-4-5-10-15-30-17-21(19-12-7-9-14-23(19)30)25-24(26(31)28-27(25)32)20-16-29(2)22-13-8-6-11-18(20)22/h1,6-9,11-14,16-17H,4-5,10,15H2,2H3,(H,28,31,32). The number of unbranched alkanes of at least 4 members (excludes halogenated alkanes) is 2. The number of fused-ring (bicyclic) bond motifs is 2. The number of benzene rings is 2. The average Bonchev–Trinajstić information content (AvgIpc) is 3.42. The number of rotatable bonds is 6. The molecule has 2 aromatic heterocycles. The van der Waals surface area contributed by atoms with E-state index in [-0.39, 0.29) is 11.8 Å². The fourth-order valence-corrected chi connectivity index (χ4v) is 4.65. The van der Waals surface area contributed by atoms with E-state index < -0.39 is 0 Å². The fourth-order valence-electron chi connectivity index (χ4n) is 4.65. The van der Waals surface area contributed by atoms with E-state index in [1.165, 1.54) is 0 Å². The monoisotopic (exact) mass is 421 g/mol. The van der Waals surface area contributed by atoms with E-state index >= 15 is 0 Å². The first-order valence-corrected chi connectivity index (χ1v) is 10.8. The maximum absolute atomic E-state index is 13.0. The summed E-state index contributed by atoms with van der Waals surface area (Å²) in [6.07, 6.45) is 12.0.